The molecule has 2 saturated carbocycles. The van der Waals surface area contributed by atoms with Crippen molar-refractivity contribution in [3.8, 4) is 0 Å². The van der Waals surface area contributed by atoms with Gasteiger partial charge in [-0.15, -0.1) is 0 Å². The molecule has 18 heavy (non-hydrogen) atoms. The highest BCUT2D eigenvalue weighted by molar-refractivity contribution is 5.07. The van der Waals surface area contributed by atoms with Gasteiger partial charge >= 0.3 is 0 Å². The lowest BCUT2D eigenvalue weighted by Gasteiger charge is -2.22. The van der Waals surface area contributed by atoms with Crippen LogP contribution in [-0.4, -0.2) is 23.3 Å². The quantitative estimate of drug-likeness (QED) is 0.890. The summed E-state index contributed by atoms with van der Waals surface area (Å²) in [6, 6.07) is 0.285. The summed E-state index contributed by atoms with van der Waals surface area (Å²) in [7, 11) is 1.74. The third kappa shape index (κ3) is 1.95. The Bertz CT molecular complexity index is 412. The Kier molecular flexibility index (Phi) is 3.11. The van der Waals surface area contributed by atoms with Crippen LogP contribution in [0.4, 0.5) is 0 Å². The number of nitrogens with zero attached hydrogens (tertiary/aromatic N) is 2. The fourth-order valence-electron chi connectivity index (χ4n) is 3.29. The van der Waals surface area contributed by atoms with E-state index in [2.05, 4.69) is 10.1 Å². The van der Waals surface area contributed by atoms with E-state index in [4.69, 9.17) is 15.0 Å². The topological polar surface area (TPSA) is 74.2 Å². The molecule has 2 unspecified atom stereocenters. The largest absolute Gasteiger partial charge is 0.370 e. The zero-order chi connectivity index (χ0) is 12.6. The first-order chi connectivity index (χ1) is 8.73. The molecular weight excluding hydrogens is 230 g/mol. The van der Waals surface area contributed by atoms with E-state index in [9.17, 15) is 0 Å². The zero-order valence-corrected chi connectivity index (χ0v) is 10.9. The second kappa shape index (κ2) is 4.63. The second-order valence-corrected chi connectivity index (χ2v) is 5.63. The van der Waals surface area contributed by atoms with E-state index in [0.29, 0.717) is 5.92 Å². The van der Waals surface area contributed by atoms with Gasteiger partial charge in [-0.3, -0.25) is 0 Å². The molecule has 0 radical (unpaired) electrons. The van der Waals surface area contributed by atoms with E-state index in [1.807, 2.05) is 0 Å². The molecule has 5 heteroatoms. The minimum atomic E-state index is -0.303. The van der Waals surface area contributed by atoms with Gasteiger partial charge in [0, 0.05) is 19.1 Å². The number of hydrogen-bond donors (Lipinski definition) is 1. The highest BCUT2D eigenvalue weighted by Gasteiger charge is 2.41. The molecule has 1 heterocycles. The second-order valence-electron chi connectivity index (χ2n) is 5.63. The number of methoxy groups -OCH3 is 1. The summed E-state index contributed by atoms with van der Waals surface area (Å²) in [5, 5.41) is 4.16. The zero-order valence-electron chi connectivity index (χ0n) is 10.9. The lowest BCUT2D eigenvalue weighted by Crippen LogP contribution is -2.26. The van der Waals surface area contributed by atoms with Crippen molar-refractivity contribution in [2.75, 3.05) is 7.11 Å². The summed E-state index contributed by atoms with van der Waals surface area (Å²) in [4.78, 5) is 4.59. The van der Waals surface area contributed by atoms with Crippen LogP contribution in [0.1, 0.15) is 62.6 Å². The van der Waals surface area contributed by atoms with E-state index in [1.165, 1.54) is 12.8 Å². The minimum Gasteiger partial charge on any atom is -0.370 e. The Hall–Kier alpha value is -0.940. The molecule has 2 N–H and O–H groups in total. The Labute approximate surface area is 107 Å². The number of aromatic nitrogens is 2. The van der Waals surface area contributed by atoms with E-state index in [-0.39, 0.29) is 11.6 Å². The van der Waals surface area contributed by atoms with Crippen molar-refractivity contribution in [3.05, 3.63) is 11.7 Å². The fraction of sp³-hybridized carbons (Fsp3) is 0.846. The molecule has 2 aliphatic rings. The number of rotatable bonds is 3. The van der Waals surface area contributed by atoms with Gasteiger partial charge in [-0.25, -0.2) is 0 Å². The van der Waals surface area contributed by atoms with Crippen LogP contribution in [0.25, 0.3) is 0 Å². The maximum atomic E-state index is 5.93. The average molecular weight is 251 g/mol. The molecule has 1 aromatic heterocycles. The van der Waals surface area contributed by atoms with E-state index in [1.54, 1.807) is 7.11 Å². The van der Waals surface area contributed by atoms with Crippen molar-refractivity contribution in [2.24, 2.45) is 5.73 Å². The summed E-state index contributed by atoms with van der Waals surface area (Å²) in [6.45, 7) is 0. The van der Waals surface area contributed by atoms with Gasteiger partial charge in [-0.1, -0.05) is 5.16 Å². The van der Waals surface area contributed by atoms with Crippen LogP contribution < -0.4 is 5.73 Å². The monoisotopic (exact) mass is 251 g/mol. The third-order valence-corrected chi connectivity index (χ3v) is 4.47. The number of nitrogens with two attached hydrogens (primary N) is 1. The van der Waals surface area contributed by atoms with Gasteiger partial charge in [0.05, 0.1) is 0 Å². The van der Waals surface area contributed by atoms with Crippen molar-refractivity contribution >= 4 is 0 Å². The van der Waals surface area contributed by atoms with Gasteiger partial charge in [0.25, 0.3) is 0 Å². The van der Waals surface area contributed by atoms with Crippen LogP contribution in [0.3, 0.4) is 0 Å². The smallest absolute Gasteiger partial charge is 0.229 e. The lowest BCUT2D eigenvalue weighted by molar-refractivity contribution is -0.0178. The molecular formula is C13H21N3O2. The molecule has 0 saturated heterocycles. The summed E-state index contributed by atoms with van der Waals surface area (Å²) in [6.07, 6.45) is 7.40. The molecule has 2 atom stereocenters. The Balaban J connectivity index is 1.80. The van der Waals surface area contributed by atoms with Gasteiger partial charge < -0.3 is 15.0 Å². The Morgan fingerprint density at radius 3 is 2.72 bits per heavy atom. The molecule has 5 nitrogen and oxygen atoms in total. The lowest BCUT2D eigenvalue weighted by atomic mass is 10.0. The maximum Gasteiger partial charge on any atom is 0.229 e. The van der Waals surface area contributed by atoms with Crippen LogP contribution in [0.15, 0.2) is 4.52 Å². The summed E-state index contributed by atoms with van der Waals surface area (Å²) in [5.74, 6) is 1.83. The first-order valence-electron chi connectivity index (χ1n) is 6.88. The number of hydrogen-bond acceptors (Lipinski definition) is 5. The molecule has 2 fully saturated rings. The molecule has 0 aliphatic heterocycles. The van der Waals surface area contributed by atoms with Gasteiger partial charge in [-0.2, -0.15) is 4.98 Å². The average Bonchev–Trinajstić information content (AvgIpc) is 3.08. The molecule has 100 valence electrons. The molecule has 0 spiro atoms. The normalized spacial score (nSPS) is 31.0. The van der Waals surface area contributed by atoms with Gasteiger partial charge in [0.1, 0.15) is 5.60 Å². The maximum absolute atomic E-state index is 5.93. The predicted octanol–water partition coefficient (Wildman–Crippen LogP) is 2.08. The van der Waals surface area contributed by atoms with Crippen LogP contribution in [0.2, 0.25) is 0 Å². The molecule has 0 bridgehead atoms. The highest BCUT2D eigenvalue weighted by Crippen LogP contribution is 2.41. The third-order valence-electron chi connectivity index (χ3n) is 4.47. The molecule has 1 aromatic rings. The van der Waals surface area contributed by atoms with Crippen molar-refractivity contribution in [1.29, 1.82) is 0 Å². The highest BCUT2D eigenvalue weighted by atomic mass is 16.5. The standard InChI is InChI=1S/C13H21N3O2/c1-17-13(6-2-3-7-13)12-15-11(18-16-12)9-4-5-10(14)8-9/h9-10H,2-8,14H2,1H3. The van der Waals surface area contributed by atoms with Crippen molar-refractivity contribution in [3.63, 3.8) is 0 Å². The van der Waals surface area contributed by atoms with Gasteiger partial charge in [-0.05, 0) is 44.9 Å². The van der Waals surface area contributed by atoms with Crippen LogP contribution in [0, 0.1) is 0 Å². The van der Waals surface area contributed by atoms with E-state index >= 15 is 0 Å². The van der Waals surface area contributed by atoms with Crippen LogP contribution in [-0.2, 0) is 10.3 Å². The van der Waals surface area contributed by atoms with Gasteiger partial charge in [0.15, 0.2) is 0 Å². The van der Waals surface area contributed by atoms with Crippen molar-refractivity contribution in [1.82, 2.24) is 10.1 Å². The van der Waals surface area contributed by atoms with Crippen molar-refractivity contribution in [2.45, 2.75) is 62.5 Å². The van der Waals surface area contributed by atoms with Gasteiger partial charge in [0.2, 0.25) is 11.7 Å². The summed E-state index contributed by atoms with van der Waals surface area (Å²) in [5.41, 5.74) is 5.63. The Morgan fingerprint density at radius 2 is 2.11 bits per heavy atom. The molecule has 3 rings (SSSR count). The predicted molar refractivity (Wildman–Crippen MR) is 66.0 cm³/mol. The fourth-order valence-corrected chi connectivity index (χ4v) is 3.29. The Morgan fingerprint density at radius 1 is 1.33 bits per heavy atom. The van der Waals surface area contributed by atoms with Crippen LogP contribution >= 0.6 is 0 Å². The first kappa shape index (κ1) is 12.1. The van der Waals surface area contributed by atoms with E-state index < -0.39 is 0 Å². The first-order valence-corrected chi connectivity index (χ1v) is 6.88. The molecule has 2 aliphatic carbocycles. The SMILES string of the molecule is COC1(c2noc(C3CCC(N)C3)n2)CCCC1. The summed E-state index contributed by atoms with van der Waals surface area (Å²) >= 11 is 0. The van der Waals surface area contributed by atoms with E-state index in [0.717, 1.165) is 43.8 Å². The van der Waals surface area contributed by atoms with Crippen molar-refractivity contribution < 1.29 is 9.26 Å². The van der Waals surface area contributed by atoms with Crippen LogP contribution in [0.5, 0.6) is 0 Å². The summed E-state index contributed by atoms with van der Waals surface area (Å²) < 4.78 is 11.1. The molecule has 0 amide bonds. The molecule has 0 aromatic carbocycles. The number of ether oxygens (including phenoxy) is 1. The minimum absolute atomic E-state index is 0.285.